The van der Waals surface area contributed by atoms with E-state index in [9.17, 15) is 4.79 Å². The van der Waals surface area contributed by atoms with Crippen molar-refractivity contribution in [2.75, 3.05) is 13.7 Å². The zero-order valence-corrected chi connectivity index (χ0v) is 8.74. The quantitative estimate of drug-likeness (QED) is 0.852. The Balaban J connectivity index is 3.13. The smallest absolute Gasteiger partial charge is 0.254 e. The largest absolute Gasteiger partial charge is 0.495 e. The molecule has 0 aliphatic heterocycles. The van der Waals surface area contributed by atoms with Crippen LogP contribution in [0.5, 0.6) is 5.75 Å². The molecule has 1 aromatic heterocycles. The van der Waals surface area contributed by atoms with Crippen molar-refractivity contribution in [1.29, 1.82) is 0 Å². The van der Waals surface area contributed by atoms with Crippen molar-refractivity contribution in [3.05, 3.63) is 27.1 Å². The van der Waals surface area contributed by atoms with E-state index in [1.165, 1.54) is 17.7 Å². The van der Waals surface area contributed by atoms with Crippen LogP contribution in [0.4, 0.5) is 0 Å². The lowest BCUT2D eigenvalue weighted by Gasteiger charge is -2.06. The first kappa shape index (κ1) is 10.3. The molecule has 0 aromatic carbocycles. The summed E-state index contributed by atoms with van der Waals surface area (Å²) < 4.78 is 7.04. The fourth-order valence-corrected chi connectivity index (χ4v) is 1.49. The van der Waals surface area contributed by atoms with Crippen molar-refractivity contribution in [1.82, 2.24) is 4.57 Å². The molecule has 13 heavy (non-hydrogen) atoms. The maximum absolute atomic E-state index is 11.3. The highest BCUT2D eigenvalue weighted by Gasteiger charge is 2.03. The molecule has 0 fully saturated rings. The van der Waals surface area contributed by atoms with Crippen molar-refractivity contribution >= 4 is 15.9 Å². The lowest BCUT2D eigenvalue weighted by Crippen LogP contribution is -2.20. The van der Waals surface area contributed by atoms with Crippen LogP contribution in [0.2, 0.25) is 0 Å². The van der Waals surface area contributed by atoms with E-state index in [0.717, 1.165) is 0 Å². The topological polar surface area (TPSA) is 51.5 Å². The van der Waals surface area contributed by atoms with Crippen molar-refractivity contribution in [2.45, 2.75) is 6.54 Å². The molecule has 0 aliphatic rings. The predicted molar refractivity (Wildman–Crippen MR) is 52.0 cm³/mol. The van der Waals surface area contributed by atoms with Gasteiger partial charge in [0.25, 0.3) is 5.56 Å². The van der Waals surface area contributed by atoms with Crippen LogP contribution >= 0.6 is 15.9 Å². The Morgan fingerprint density at radius 1 is 1.69 bits per heavy atom. The van der Waals surface area contributed by atoms with Gasteiger partial charge in [0.15, 0.2) is 0 Å². The Morgan fingerprint density at radius 3 is 2.92 bits per heavy atom. The summed E-state index contributed by atoms with van der Waals surface area (Å²) in [6, 6.07) is 1.37. The van der Waals surface area contributed by atoms with Gasteiger partial charge in [-0.15, -0.1) is 0 Å². The number of aliphatic hydroxyl groups is 1. The van der Waals surface area contributed by atoms with Gasteiger partial charge in [0.1, 0.15) is 5.75 Å². The van der Waals surface area contributed by atoms with Crippen molar-refractivity contribution < 1.29 is 9.84 Å². The Morgan fingerprint density at radius 2 is 2.38 bits per heavy atom. The molecule has 0 spiro atoms. The number of hydrogen-bond acceptors (Lipinski definition) is 3. The number of ether oxygens (including phenoxy) is 1. The molecule has 0 radical (unpaired) electrons. The lowest BCUT2D eigenvalue weighted by atomic mass is 10.4. The van der Waals surface area contributed by atoms with Crippen LogP contribution < -0.4 is 10.3 Å². The van der Waals surface area contributed by atoms with Crippen LogP contribution in [0.25, 0.3) is 0 Å². The zero-order chi connectivity index (χ0) is 9.84. The van der Waals surface area contributed by atoms with Crippen molar-refractivity contribution in [2.24, 2.45) is 0 Å². The number of pyridine rings is 1. The second-order valence-corrected chi connectivity index (χ2v) is 3.30. The fraction of sp³-hybridized carbons (Fsp3) is 0.375. The molecule has 0 saturated heterocycles. The first-order chi connectivity index (χ1) is 6.19. The zero-order valence-electron chi connectivity index (χ0n) is 7.16. The molecule has 0 amide bonds. The van der Waals surface area contributed by atoms with E-state index in [4.69, 9.17) is 9.84 Å². The SMILES string of the molecule is COc1cc(=O)n(CCO)cc1Br. The van der Waals surface area contributed by atoms with Gasteiger partial charge in [-0.3, -0.25) is 4.79 Å². The molecule has 1 rings (SSSR count). The third-order valence-corrected chi connectivity index (χ3v) is 2.20. The molecule has 0 unspecified atom stereocenters. The second-order valence-electron chi connectivity index (χ2n) is 2.44. The molecule has 0 bridgehead atoms. The molecule has 1 N–H and O–H groups in total. The number of methoxy groups -OCH3 is 1. The van der Waals surface area contributed by atoms with Crippen LogP contribution in [0, 0.1) is 0 Å². The van der Waals surface area contributed by atoms with Crippen LogP contribution in [-0.4, -0.2) is 23.4 Å². The highest BCUT2D eigenvalue weighted by atomic mass is 79.9. The van der Waals surface area contributed by atoms with Crippen molar-refractivity contribution in [3.63, 3.8) is 0 Å². The molecular formula is C8H10BrNO3. The van der Waals surface area contributed by atoms with Gasteiger partial charge in [0.2, 0.25) is 0 Å². The predicted octanol–water partition coefficient (Wildman–Crippen LogP) is 0.612. The normalized spacial score (nSPS) is 10.1. The second kappa shape index (κ2) is 4.43. The third-order valence-electron chi connectivity index (χ3n) is 1.60. The number of nitrogens with zero attached hydrogens (tertiary/aromatic N) is 1. The van der Waals surface area contributed by atoms with Gasteiger partial charge >= 0.3 is 0 Å². The highest BCUT2D eigenvalue weighted by molar-refractivity contribution is 9.10. The summed E-state index contributed by atoms with van der Waals surface area (Å²) in [5.74, 6) is 0.499. The fourth-order valence-electron chi connectivity index (χ4n) is 0.967. The first-order valence-corrected chi connectivity index (χ1v) is 4.53. The van der Waals surface area contributed by atoms with E-state index in [1.54, 1.807) is 6.20 Å². The van der Waals surface area contributed by atoms with Gasteiger partial charge in [-0.25, -0.2) is 0 Å². The summed E-state index contributed by atoms with van der Waals surface area (Å²) in [7, 11) is 1.50. The lowest BCUT2D eigenvalue weighted by molar-refractivity contribution is 0.273. The number of aliphatic hydroxyl groups excluding tert-OH is 1. The molecule has 0 aliphatic carbocycles. The van der Waals surface area contributed by atoms with Crippen molar-refractivity contribution in [3.8, 4) is 5.75 Å². The molecular weight excluding hydrogens is 238 g/mol. The molecule has 5 heteroatoms. The van der Waals surface area contributed by atoms with Gasteiger partial charge in [-0.1, -0.05) is 0 Å². The Bertz CT molecular complexity index is 348. The average molecular weight is 248 g/mol. The third kappa shape index (κ3) is 2.32. The Hall–Kier alpha value is -0.810. The minimum Gasteiger partial charge on any atom is -0.495 e. The number of aromatic nitrogens is 1. The summed E-state index contributed by atoms with van der Waals surface area (Å²) in [5, 5.41) is 8.66. The Kier molecular flexibility index (Phi) is 3.50. The van der Waals surface area contributed by atoms with Gasteiger partial charge in [-0.05, 0) is 15.9 Å². The number of hydrogen-bond donors (Lipinski definition) is 1. The molecule has 0 atom stereocenters. The number of rotatable bonds is 3. The summed E-state index contributed by atoms with van der Waals surface area (Å²) in [6.45, 7) is 0.236. The van der Waals surface area contributed by atoms with Gasteiger partial charge in [-0.2, -0.15) is 0 Å². The van der Waals surface area contributed by atoms with Gasteiger partial charge in [0.05, 0.1) is 18.2 Å². The summed E-state index contributed by atoms with van der Waals surface area (Å²) in [4.78, 5) is 11.3. The van der Waals surface area contributed by atoms with Gasteiger partial charge < -0.3 is 14.4 Å². The monoisotopic (exact) mass is 247 g/mol. The maximum atomic E-state index is 11.3. The highest BCUT2D eigenvalue weighted by Crippen LogP contribution is 2.21. The molecule has 4 nitrogen and oxygen atoms in total. The van der Waals surface area contributed by atoms with E-state index in [-0.39, 0.29) is 12.2 Å². The van der Waals surface area contributed by atoms with Crippen LogP contribution in [0.3, 0.4) is 0 Å². The first-order valence-electron chi connectivity index (χ1n) is 3.74. The molecule has 0 saturated carbocycles. The molecule has 72 valence electrons. The van der Waals surface area contributed by atoms with Crippen LogP contribution in [0.1, 0.15) is 0 Å². The molecule has 1 aromatic rings. The van der Waals surface area contributed by atoms with E-state index in [0.29, 0.717) is 16.8 Å². The minimum atomic E-state index is -0.186. The van der Waals surface area contributed by atoms with Crippen LogP contribution in [-0.2, 0) is 6.54 Å². The summed E-state index contributed by atoms with van der Waals surface area (Å²) >= 11 is 3.25. The van der Waals surface area contributed by atoms with Gasteiger partial charge in [0, 0.05) is 18.8 Å². The van der Waals surface area contributed by atoms with E-state index in [1.807, 2.05) is 0 Å². The van der Waals surface area contributed by atoms with E-state index >= 15 is 0 Å². The number of halogens is 1. The minimum absolute atomic E-state index is 0.0569. The summed E-state index contributed by atoms with van der Waals surface area (Å²) in [5.41, 5.74) is -0.186. The van der Waals surface area contributed by atoms with Crippen LogP contribution in [0.15, 0.2) is 21.5 Å². The maximum Gasteiger partial charge on any atom is 0.254 e. The average Bonchev–Trinajstić information content (AvgIpc) is 2.11. The standard InChI is InChI=1S/C8H10BrNO3/c1-13-7-4-8(12)10(2-3-11)5-6(7)9/h4-5,11H,2-3H2,1H3. The van der Waals surface area contributed by atoms with E-state index in [2.05, 4.69) is 15.9 Å². The Labute approximate surface area is 83.9 Å². The summed E-state index contributed by atoms with van der Waals surface area (Å²) in [6.07, 6.45) is 1.59. The molecule has 1 heterocycles. The van der Waals surface area contributed by atoms with E-state index < -0.39 is 0 Å².